The van der Waals surface area contributed by atoms with Crippen LogP contribution in [-0.2, 0) is 6.42 Å². The Morgan fingerprint density at radius 1 is 1.00 bits per heavy atom. The van der Waals surface area contributed by atoms with Crippen LogP contribution in [0, 0.1) is 0 Å². The van der Waals surface area contributed by atoms with Crippen molar-refractivity contribution in [2.24, 2.45) is 0 Å². The van der Waals surface area contributed by atoms with Crippen molar-refractivity contribution in [1.29, 1.82) is 0 Å². The first-order valence-electron chi connectivity index (χ1n) is 5.59. The Morgan fingerprint density at radius 3 is 2.61 bits per heavy atom. The molecule has 3 rings (SSSR count). The van der Waals surface area contributed by atoms with Crippen LogP contribution in [0.1, 0.15) is 11.4 Å². The van der Waals surface area contributed by atoms with Gasteiger partial charge in [0, 0.05) is 17.6 Å². The van der Waals surface area contributed by atoms with Crippen molar-refractivity contribution < 1.29 is 0 Å². The second kappa shape index (κ2) is 4.63. The van der Waals surface area contributed by atoms with Gasteiger partial charge >= 0.3 is 0 Å². The lowest BCUT2D eigenvalue weighted by atomic mass is 10.1. The van der Waals surface area contributed by atoms with E-state index in [0.717, 1.165) is 21.9 Å². The lowest BCUT2D eigenvalue weighted by Gasteiger charge is -2.04. The average molecular weight is 277 g/mol. The van der Waals surface area contributed by atoms with Gasteiger partial charge in [-0.1, -0.05) is 41.4 Å². The number of fused-ring (bicyclic) bond motifs is 1. The average Bonchev–Trinajstić information content (AvgIpc) is 2.77. The Morgan fingerprint density at radius 2 is 1.78 bits per heavy atom. The van der Waals surface area contributed by atoms with Gasteiger partial charge in [-0.15, -0.1) is 0 Å². The van der Waals surface area contributed by atoms with Crippen molar-refractivity contribution in [2.45, 2.75) is 6.42 Å². The van der Waals surface area contributed by atoms with Crippen LogP contribution in [0.5, 0.6) is 0 Å². The summed E-state index contributed by atoms with van der Waals surface area (Å²) in [6, 6.07) is 11.6. The van der Waals surface area contributed by atoms with E-state index in [4.69, 9.17) is 23.2 Å². The Labute approximate surface area is 115 Å². The molecule has 0 saturated heterocycles. The van der Waals surface area contributed by atoms with Gasteiger partial charge in [-0.2, -0.15) is 0 Å². The summed E-state index contributed by atoms with van der Waals surface area (Å²) in [6.45, 7) is 0. The van der Waals surface area contributed by atoms with Crippen LogP contribution in [0.2, 0.25) is 10.0 Å². The van der Waals surface area contributed by atoms with Crippen molar-refractivity contribution >= 4 is 28.7 Å². The molecule has 0 aliphatic carbocycles. The summed E-state index contributed by atoms with van der Waals surface area (Å²) in [4.78, 5) is 4.41. The zero-order valence-corrected chi connectivity index (χ0v) is 11.0. The first-order valence-corrected chi connectivity index (χ1v) is 6.35. The van der Waals surface area contributed by atoms with Gasteiger partial charge < -0.3 is 4.40 Å². The third-order valence-corrected chi connectivity index (χ3v) is 3.59. The molecule has 0 fully saturated rings. The molecule has 3 aromatic rings. The molecule has 0 aliphatic rings. The number of benzene rings is 1. The second-order valence-electron chi connectivity index (χ2n) is 4.05. The molecule has 0 bridgehead atoms. The molecule has 0 N–H and O–H groups in total. The Kier molecular flexibility index (Phi) is 2.98. The summed E-state index contributed by atoms with van der Waals surface area (Å²) in [5.41, 5.74) is 1.98. The monoisotopic (exact) mass is 276 g/mol. The molecule has 4 heteroatoms. The van der Waals surface area contributed by atoms with E-state index in [1.165, 1.54) is 0 Å². The summed E-state index contributed by atoms with van der Waals surface area (Å²) in [5, 5.41) is 1.46. The maximum Gasteiger partial charge on any atom is 0.117 e. The highest BCUT2D eigenvalue weighted by molar-refractivity contribution is 6.33. The molecule has 0 radical (unpaired) electrons. The number of hydrogen-bond acceptors (Lipinski definition) is 1. The van der Waals surface area contributed by atoms with Crippen LogP contribution in [-0.4, -0.2) is 9.38 Å². The van der Waals surface area contributed by atoms with Crippen molar-refractivity contribution in [3.8, 4) is 0 Å². The molecule has 0 unspecified atom stereocenters. The quantitative estimate of drug-likeness (QED) is 0.685. The third-order valence-electron chi connectivity index (χ3n) is 2.90. The highest BCUT2D eigenvalue weighted by Gasteiger charge is 2.08. The van der Waals surface area contributed by atoms with Crippen molar-refractivity contribution in [1.82, 2.24) is 9.38 Å². The fraction of sp³-hybridized carbons (Fsp3) is 0.0714. The molecule has 0 amide bonds. The number of halogens is 2. The first kappa shape index (κ1) is 11.6. The molecule has 0 saturated carbocycles. The topological polar surface area (TPSA) is 17.3 Å². The zero-order valence-electron chi connectivity index (χ0n) is 9.48. The summed E-state index contributed by atoms with van der Waals surface area (Å²) in [7, 11) is 0. The Hall–Kier alpha value is -1.51. The predicted octanol–water partition coefficient (Wildman–Crippen LogP) is 4.23. The number of hydrogen-bond donors (Lipinski definition) is 0. The van der Waals surface area contributed by atoms with Crippen molar-refractivity contribution in [2.75, 3.05) is 0 Å². The fourth-order valence-electron chi connectivity index (χ4n) is 1.98. The minimum Gasteiger partial charge on any atom is -0.302 e. The maximum absolute atomic E-state index is 6.16. The van der Waals surface area contributed by atoms with Gasteiger partial charge in [-0.3, -0.25) is 0 Å². The molecule has 2 aromatic heterocycles. The second-order valence-corrected chi connectivity index (χ2v) is 4.87. The molecule has 2 heterocycles. The summed E-state index contributed by atoms with van der Waals surface area (Å²) in [6.07, 6.45) is 4.43. The summed E-state index contributed by atoms with van der Waals surface area (Å²) in [5.74, 6) is 0.931. The number of nitrogens with zero attached hydrogens (tertiary/aromatic N) is 2. The van der Waals surface area contributed by atoms with Gasteiger partial charge in [-0.05, 0) is 23.8 Å². The SMILES string of the molecule is Clc1ccccc1Cc1ncc2c(Cl)cccn12. The highest BCUT2D eigenvalue weighted by Crippen LogP contribution is 2.22. The fourth-order valence-corrected chi connectivity index (χ4v) is 2.40. The molecule has 0 aliphatic heterocycles. The largest absolute Gasteiger partial charge is 0.302 e. The van der Waals surface area contributed by atoms with E-state index >= 15 is 0 Å². The van der Waals surface area contributed by atoms with Gasteiger partial charge in [-0.25, -0.2) is 4.98 Å². The molecular formula is C14H10Cl2N2. The van der Waals surface area contributed by atoms with Gasteiger partial charge in [0.25, 0.3) is 0 Å². The van der Waals surface area contributed by atoms with Gasteiger partial charge in [0.2, 0.25) is 0 Å². The summed E-state index contributed by atoms with van der Waals surface area (Å²) >= 11 is 12.3. The smallest absolute Gasteiger partial charge is 0.117 e. The van der Waals surface area contributed by atoms with Crippen LogP contribution in [0.3, 0.4) is 0 Å². The number of aromatic nitrogens is 2. The highest BCUT2D eigenvalue weighted by atomic mass is 35.5. The van der Waals surface area contributed by atoms with Crippen LogP contribution < -0.4 is 0 Å². The van der Waals surface area contributed by atoms with Crippen molar-refractivity contribution in [3.05, 3.63) is 70.2 Å². The van der Waals surface area contributed by atoms with E-state index in [0.29, 0.717) is 11.4 Å². The minimum atomic E-state index is 0.689. The van der Waals surface area contributed by atoms with E-state index in [9.17, 15) is 0 Å². The standard InChI is InChI=1S/C14H10Cl2N2/c15-11-5-2-1-4-10(11)8-14-17-9-13-12(16)6-3-7-18(13)14/h1-7,9H,8H2. The van der Waals surface area contributed by atoms with E-state index in [-0.39, 0.29) is 0 Å². The molecule has 18 heavy (non-hydrogen) atoms. The third kappa shape index (κ3) is 1.98. The van der Waals surface area contributed by atoms with Crippen LogP contribution in [0.25, 0.3) is 5.52 Å². The molecule has 90 valence electrons. The Balaban J connectivity index is 2.06. The lowest BCUT2D eigenvalue weighted by molar-refractivity contribution is 0.962. The number of imidazole rings is 1. The lowest BCUT2D eigenvalue weighted by Crippen LogP contribution is -1.96. The normalized spacial score (nSPS) is 11.0. The molecule has 0 spiro atoms. The van der Waals surface area contributed by atoms with E-state index in [1.54, 1.807) is 6.20 Å². The maximum atomic E-state index is 6.16. The van der Waals surface area contributed by atoms with E-state index in [2.05, 4.69) is 4.98 Å². The van der Waals surface area contributed by atoms with Gasteiger partial charge in [0.15, 0.2) is 0 Å². The van der Waals surface area contributed by atoms with Crippen LogP contribution >= 0.6 is 23.2 Å². The van der Waals surface area contributed by atoms with Gasteiger partial charge in [0.1, 0.15) is 5.82 Å². The predicted molar refractivity (Wildman–Crippen MR) is 74.5 cm³/mol. The summed E-state index contributed by atoms with van der Waals surface area (Å²) < 4.78 is 1.99. The molecule has 1 aromatic carbocycles. The van der Waals surface area contributed by atoms with E-state index < -0.39 is 0 Å². The van der Waals surface area contributed by atoms with Crippen LogP contribution in [0.4, 0.5) is 0 Å². The molecular weight excluding hydrogens is 267 g/mol. The number of pyridine rings is 1. The zero-order chi connectivity index (χ0) is 12.5. The van der Waals surface area contributed by atoms with Gasteiger partial charge in [0.05, 0.1) is 16.7 Å². The molecule has 2 nitrogen and oxygen atoms in total. The van der Waals surface area contributed by atoms with Crippen LogP contribution in [0.15, 0.2) is 48.8 Å². The van der Waals surface area contributed by atoms with E-state index in [1.807, 2.05) is 47.0 Å². The van der Waals surface area contributed by atoms with Crippen molar-refractivity contribution in [3.63, 3.8) is 0 Å². The minimum absolute atomic E-state index is 0.689. The molecule has 0 atom stereocenters. The first-order chi connectivity index (χ1) is 8.75. The Bertz CT molecular complexity index is 704. The number of rotatable bonds is 2.